The molecule has 3 atom stereocenters. The van der Waals surface area contributed by atoms with E-state index >= 15 is 0 Å². The monoisotopic (exact) mass is 348 g/mol. The highest BCUT2D eigenvalue weighted by Gasteiger charge is 2.64. The van der Waals surface area contributed by atoms with E-state index in [1.165, 1.54) is 16.7 Å². The van der Waals surface area contributed by atoms with Crippen LogP contribution >= 0.6 is 11.8 Å². The van der Waals surface area contributed by atoms with Crippen LogP contribution in [-0.4, -0.2) is 50.0 Å². The lowest BCUT2D eigenvalue weighted by atomic mass is 9.96. The second-order valence-corrected chi connectivity index (χ2v) is 8.37. The molecule has 2 unspecified atom stereocenters. The lowest BCUT2D eigenvalue weighted by Gasteiger charge is -2.43. The summed E-state index contributed by atoms with van der Waals surface area (Å²) in [4.78, 5) is 37.6. The average molecular weight is 348 g/mol. The predicted octanol–water partition coefficient (Wildman–Crippen LogP) is 1.49. The summed E-state index contributed by atoms with van der Waals surface area (Å²) in [5, 5.41) is 11.8. The molecule has 2 N–H and O–H groups in total. The van der Waals surface area contributed by atoms with Gasteiger partial charge in [-0.15, -0.1) is 11.8 Å². The number of carbonyl (C=O) groups excluding carboxylic acids is 2. The predicted molar refractivity (Wildman–Crippen MR) is 90.8 cm³/mol. The Morgan fingerprint density at radius 1 is 1.38 bits per heavy atom. The van der Waals surface area contributed by atoms with Crippen molar-refractivity contribution in [2.75, 3.05) is 0 Å². The molecule has 2 heterocycles. The van der Waals surface area contributed by atoms with E-state index in [9.17, 15) is 19.5 Å². The van der Waals surface area contributed by atoms with Crippen LogP contribution in [0.15, 0.2) is 24.3 Å². The van der Waals surface area contributed by atoms with Crippen molar-refractivity contribution in [3.05, 3.63) is 35.4 Å². The first-order valence-electron chi connectivity index (χ1n) is 7.89. The quantitative estimate of drug-likeness (QED) is 0.805. The third-order valence-corrected chi connectivity index (χ3v) is 6.13. The van der Waals surface area contributed by atoms with Crippen LogP contribution in [0.5, 0.6) is 0 Å². The largest absolute Gasteiger partial charge is 0.480 e. The first kappa shape index (κ1) is 16.8. The van der Waals surface area contributed by atoms with Gasteiger partial charge >= 0.3 is 5.97 Å². The fourth-order valence-corrected chi connectivity index (χ4v) is 4.93. The number of hydrogen-bond donors (Lipinski definition) is 2. The van der Waals surface area contributed by atoms with Gasteiger partial charge in [0.15, 0.2) is 0 Å². The lowest BCUT2D eigenvalue weighted by Crippen LogP contribution is -2.70. The summed E-state index contributed by atoms with van der Waals surface area (Å²) in [5.41, 5.74) is 1.56. The number of rotatable bonds is 4. The van der Waals surface area contributed by atoms with Crippen LogP contribution in [-0.2, 0) is 16.0 Å². The van der Waals surface area contributed by atoms with Gasteiger partial charge in [-0.1, -0.05) is 19.1 Å². The van der Waals surface area contributed by atoms with Gasteiger partial charge in [0, 0.05) is 10.3 Å². The Morgan fingerprint density at radius 2 is 2.08 bits per heavy atom. The van der Waals surface area contributed by atoms with Crippen LogP contribution in [0.1, 0.15) is 36.7 Å². The number of aliphatic carboxylic acids is 1. The average Bonchev–Trinajstić information content (AvgIpc) is 2.80. The number of aryl methyl sites for hydroxylation is 1. The Balaban J connectivity index is 1.75. The summed E-state index contributed by atoms with van der Waals surface area (Å²) in [6.07, 6.45) is 0.824. The molecule has 2 fully saturated rings. The molecule has 2 aliphatic heterocycles. The molecule has 0 aromatic heterocycles. The lowest BCUT2D eigenvalue weighted by molar-refractivity contribution is -0.159. The molecule has 1 aromatic carbocycles. The number of β-lactam (4-membered cyclic amide) rings is 1. The van der Waals surface area contributed by atoms with Crippen LogP contribution in [0.3, 0.4) is 0 Å². The zero-order chi connectivity index (χ0) is 17.6. The molecule has 7 heteroatoms. The Hall–Kier alpha value is -2.02. The number of carbonyl (C=O) groups is 3. The molecule has 128 valence electrons. The van der Waals surface area contributed by atoms with E-state index in [4.69, 9.17) is 0 Å². The van der Waals surface area contributed by atoms with E-state index in [1.54, 1.807) is 6.07 Å². The van der Waals surface area contributed by atoms with E-state index < -0.39 is 22.8 Å². The van der Waals surface area contributed by atoms with Crippen LogP contribution in [0.25, 0.3) is 0 Å². The van der Waals surface area contributed by atoms with E-state index in [-0.39, 0.29) is 17.2 Å². The molecule has 0 radical (unpaired) electrons. The molecule has 3 rings (SSSR count). The summed E-state index contributed by atoms with van der Waals surface area (Å²) in [7, 11) is 0. The molecular weight excluding hydrogens is 328 g/mol. The first-order chi connectivity index (χ1) is 11.3. The third kappa shape index (κ3) is 2.56. The van der Waals surface area contributed by atoms with Gasteiger partial charge in [-0.25, -0.2) is 4.79 Å². The van der Waals surface area contributed by atoms with Crippen molar-refractivity contribution in [1.82, 2.24) is 10.2 Å². The molecule has 2 aliphatic rings. The minimum Gasteiger partial charge on any atom is -0.480 e. The molecule has 0 spiro atoms. The van der Waals surface area contributed by atoms with E-state index in [0.29, 0.717) is 5.56 Å². The van der Waals surface area contributed by atoms with Gasteiger partial charge in [0.2, 0.25) is 5.91 Å². The third-order valence-electron chi connectivity index (χ3n) is 4.56. The smallest absolute Gasteiger partial charge is 0.327 e. The van der Waals surface area contributed by atoms with Gasteiger partial charge in [-0.2, -0.15) is 0 Å². The molecule has 2 amide bonds. The van der Waals surface area contributed by atoms with Crippen LogP contribution in [0, 0.1) is 0 Å². The number of nitrogens with zero attached hydrogens (tertiary/aromatic N) is 1. The molecule has 1 aromatic rings. The van der Waals surface area contributed by atoms with Crippen molar-refractivity contribution in [3.8, 4) is 0 Å². The van der Waals surface area contributed by atoms with Crippen molar-refractivity contribution >= 4 is 29.5 Å². The standard InChI is InChI=1S/C17H20N2O4S/c1-4-9-6-5-7-10(8-9)13(20)18-11-14(21)19-12(16(22)23)17(2,3)24-15(11)19/h5-8,11-12,15H,4H2,1-3H3,(H,18,20)(H,22,23)/t11?,12?,15-/m0/s1. The topological polar surface area (TPSA) is 86.7 Å². The van der Waals surface area contributed by atoms with Crippen molar-refractivity contribution in [1.29, 1.82) is 0 Å². The van der Waals surface area contributed by atoms with Gasteiger partial charge in [-0.05, 0) is 38.0 Å². The summed E-state index contributed by atoms with van der Waals surface area (Å²) < 4.78 is -0.590. The van der Waals surface area contributed by atoms with Crippen molar-refractivity contribution in [3.63, 3.8) is 0 Å². The number of thioether (sulfide) groups is 1. The van der Waals surface area contributed by atoms with Crippen molar-refractivity contribution < 1.29 is 19.5 Å². The van der Waals surface area contributed by atoms with E-state index in [0.717, 1.165) is 12.0 Å². The number of amides is 2. The molecule has 0 bridgehead atoms. The normalized spacial score (nSPS) is 27.4. The molecule has 2 saturated heterocycles. The van der Waals surface area contributed by atoms with Gasteiger partial charge in [0.1, 0.15) is 17.5 Å². The maximum absolute atomic E-state index is 12.4. The first-order valence-corrected chi connectivity index (χ1v) is 8.77. The van der Waals surface area contributed by atoms with E-state index in [1.807, 2.05) is 39.0 Å². The SMILES string of the molecule is CCc1cccc(C(=O)NC2C(=O)N3C(C(=O)O)C(C)(C)S[C@@H]23)c1. The van der Waals surface area contributed by atoms with E-state index in [2.05, 4.69) is 5.32 Å². The molecule has 0 aliphatic carbocycles. The van der Waals surface area contributed by atoms with Crippen LogP contribution in [0.2, 0.25) is 0 Å². The summed E-state index contributed by atoms with van der Waals surface area (Å²) in [6, 6.07) is 5.74. The number of carboxylic acid groups (broad SMARTS) is 1. The summed E-state index contributed by atoms with van der Waals surface area (Å²) in [6.45, 7) is 5.63. The van der Waals surface area contributed by atoms with Crippen molar-refractivity contribution in [2.24, 2.45) is 0 Å². The number of carboxylic acids is 1. The van der Waals surface area contributed by atoms with Crippen LogP contribution in [0.4, 0.5) is 0 Å². The maximum Gasteiger partial charge on any atom is 0.327 e. The number of hydrogen-bond acceptors (Lipinski definition) is 4. The fourth-order valence-electron chi connectivity index (χ4n) is 3.30. The number of nitrogens with one attached hydrogen (secondary N) is 1. The van der Waals surface area contributed by atoms with Crippen LogP contribution < -0.4 is 5.32 Å². The summed E-state index contributed by atoms with van der Waals surface area (Å²) in [5.74, 6) is -1.64. The Kier molecular flexibility index (Phi) is 4.07. The zero-order valence-electron chi connectivity index (χ0n) is 13.8. The second-order valence-electron chi connectivity index (χ2n) is 6.60. The minimum atomic E-state index is -1.01. The molecule has 6 nitrogen and oxygen atoms in total. The highest BCUT2D eigenvalue weighted by Crippen LogP contribution is 2.50. The number of benzene rings is 1. The van der Waals surface area contributed by atoms with Gasteiger partial charge in [0.05, 0.1) is 0 Å². The molecule has 24 heavy (non-hydrogen) atoms. The highest BCUT2D eigenvalue weighted by molar-refractivity contribution is 8.01. The maximum atomic E-state index is 12.4. The Labute approximate surface area is 144 Å². The highest BCUT2D eigenvalue weighted by atomic mass is 32.2. The van der Waals surface area contributed by atoms with Gasteiger partial charge < -0.3 is 15.3 Å². The van der Waals surface area contributed by atoms with Gasteiger partial charge in [0.25, 0.3) is 5.91 Å². The molecule has 0 saturated carbocycles. The zero-order valence-corrected chi connectivity index (χ0v) is 14.6. The molecular formula is C17H20N2O4S. The van der Waals surface area contributed by atoms with Crippen molar-refractivity contribution in [2.45, 2.75) is 49.4 Å². The second kappa shape index (κ2) is 5.81. The fraction of sp³-hybridized carbons (Fsp3) is 0.471. The Morgan fingerprint density at radius 3 is 2.71 bits per heavy atom. The number of fused-ring (bicyclic) bond motifs is 1. The minimum absolute atomic E-state index is 0.305. The Bertz CT molecular complexity index is 718. The summed E-state index contributed by atoms with van der Waals surface area (Å²) >= 11 is 1.42. The van der Waals surface area contributed by atoms with Gasteiger partial charge in [-0.3, -0.25) is 9.59 Å².